The van der Waals surface area contributed by atoms with Crippen LogP contribution in [0.2, 0.25) is 0 Å². The average molecular weight is 275 g/mol. The van der Waals surface area contributed by atoms with Crippen molar-refractivity contribution in [1.29, 1.82) is 0 Å². The number of hydrogen-bond acceptors (Lipinski definition) is 3. The van der Waals surface area contributed by atoms with Gasteiger partial charge in [-0.15, -0.1) is 0 Å². The quantitative estimate of drug-likeness (QED) is 0.801. The van der Waals surface area contributed by atoms with Crippen LogP contribution in [0.4, 0.5) is 0 Å². The van der Waals surface area contributed by atoms with Gasteiger partial charge in [0.2, 0.25) is 10.0 Å². The summed E-state index contributed by atoms with van der Waals surface area (Å²) in [6, 6.07) is 0. The van der Waals surface area contributed by atoms with Crippen molar-refractivity contribution in [2.45, 2.75) is 51.0 Å². The molecule has 2 atom stereocenters. The SMILES string of the molecule is CN(CC1CCCCC1O)S(=O)(=O)CCC1CC1. The van der Waals surface area contributed by atoms with Crippen molar-refractivity contribution >= 4 is 10.0 Å². The molecule has 2 fully saturated rings. The highest BCUT2D eigenvalue weighted by molar-refractivity contribution is 7.89. The van der Waals surface area contributed by atoms with Gasteiger partial charge in [0.25, 0.3) is 0 Å². The van der Waals surface area contributed by atoms with Crippen LogP contribution in [0.15, 0.2) is 0 Å². The predicted molar refractivity (Wildman–Crippen MR) is 71.7 cm³/mol. The number of aliphatic hydroxyl groups excluding tert-OH is 1. The third kappa shape index (κ3) is 3.93. The van der Waals surface area contributed by atoms with Crippen LogP contribution in [0.3, 0.4) is 0 Å². The van der Waals surface area contributed by atoms with Crippen molar-refractivity contribution in [3.63, 3.8) is 0 Å². The first-order valence-corrected chi connectivity index (χ1v) is 8.72. The van der Waals surface area contributed by atoms with Crippen molar-refractivity contribution in [2.75, 3.05) is 19.3 Å². The summed E-state index contributed by atoms with van der Waals surface area (Å²) in [6.45, 7) is 0.480. The molecule has 1 N–H and O–H groups in total. The molecule has 0 amide bonds. The first kappa shape index (κ1) is 14.3. The zero-order valence-corrected chi connectivity index (χ0v) is 12.0. The number of hydrogen-bond donors (Lipinski definition) is 1. The molecule has 0 aliphatic heterocycles. The number of nitrogens with zero attached hydrogens (tertiary/aromatic N) is 1. The van der Waals surface area contributed by atoms with Gasteiger partial charge in [0.05, 0.1) is 11.9 Å². The van der Waals surface area contributed by atoms with E-state index in [4.69, 9.17) is 0 Å². The van der Waals surface area contributed by atoms with E-state index in [0.29, 0.717) is 12.5 Å². The molecule has 0 radical (unpaired) electrons. The monoisotopic (exact) mass is 275 g/mol. The Morgan fingerprint density at radius 1 is 1.17 bits per heavy atom. The second-order valence-electron chi connectivity index (χ2n) is 5.94. The summed E-state index contributed by atoms with van der Waals surface area (Å²) in [5, 5.41) is 9.89. The van der Waals surface area contributed by atoms with E-state index in [9.17, 15) is 13.5 Å². The van der Waals surface area contributed by atoms with Crippen LogP contribution in [-0.2, 0) is 10.0 Å². The lowest BCUT2D eigenvalue weighted by molar-refractivity contribution is 0.0620. The topological polar surface area (TPSA) is 57.6 Å². The van der Waals surface area contributed by atoms with Gasteiger partial charge in [-0.3, -0.25) is 0 Å². The molecule has 4 nitrogen and oxygen atoms in total. The van der Waals surface area contributed by atoms with Gasteiger partial charge in [-0.25, -0.2) is 12.7 Å². The van der Waals surface area contributed by atoms with E-state index >= 15 is 0 Å². The van der Waals surface area contributed by atoms with Gasteiger partial charge < -0.3 is 5.11 Å². The molecule has 2 rings (SSSR count). The van der Waals surface area contributed by atoms with Gasteiger partial charge in [-0.1, -0.05) is 25.7 Å². The van der Waals surface area contributed by atoms with E-state index in [-0.39, 0.29) is 17.8 Å². The van der Waals surface area contributed by atoms with Gasteiger partial charge in [-0.05, 0) is 31.1 Å². The number of aliphatic hydroxyl groups is 1. The Bertz CT molecular complexity index is 364. The maximum atomic E-state index is 12.1. The normalized spacial score (nSPS) is 29.7. The minimum Gasteiger partial charge on any atom is -0.393 e. The van der Waals surface area contributed by atoms with Gasteiger partial charge in [0.15, 0.2) is 0 Å². The fraction of sp³-hybridized carbons (Fsp3) is 1.00. The Kier molecular flexibility index (Phi) is 4.67. The van der Waals surface area contributed by atoms with Crippen molar-refractivity contribution in [2.24, 2.45) is 11.8 Å². The Morgan fingerprint density at radius 3 is 2.44 bits per heavy atom. The van der Waals surface area contributed by atoms with Gasteiger partial charge in [-0.2, -0.15) is 0 Å². The van der Waals surface area contributed by atoms with Gasteiger partial charge in [0.1, 0.15) is 0 Å². The van der Waals surface area contributed by atoms with E-state index < -0.39 is 10.0 Å². The molecule has 0 spiro atoms. The lowest BCUT2D eigenvalue weighted by atomic mass is 9.86. The summed E-state index contributed by atoms with van der Waals surface area (Å²) < 4.78 is 25.6. The van der Waals surface area contributed by atoms with Crippen LogP contribution in [0, 0.1) is 11.8 Å². The van der Waals surface area contributed by atoms with Gasteiger partial charge in [0, 0.05) is 13.6 Å². The van der Waals surface area contributed by atoms with E-state index in [1.165, 1.54) is 17.1 Å². The summed E-state index contributed by atoms with van der Waals surface area (Å²) >= 11 is 0. The third-order valence-corrected chi connectivity index (χ3v) is 6.17. The summed E-state index contributed by atoms with van der Waals surface area (Å²) in [5.74, 6) is 1.05. The molecular weight excluding hydrogens is 250 g/mol. The molecule has 2 saturated carbocycles. The second-order valence-corrected chi connectivity index (χ2v) is 8.14. The lowest BCUT2D eigenvalue weighted by Crippen LogP contribution is -2.39. The summed E-state index contributed by atoms with van der Waals surface area (Å²) in [6.07, 6.45) is 6.82. The van der Waals surface area contributed by atoms with Crippen LogP contribution in [-0.4, -0.2) is 43.3 Å². The molecule has 0 heterocycles. The van der Waals surface area contributed by atoms with Gasteiger partial charge >= 0.3 is 0 Å². The van der Waals surface area contributed by atoms with E-state index in [2.05, 4.69) is 0 Å². The Labute approximate surface area is 110 Å². The predicted octanol–water partition coefficient (Wildman–Crippen LogP) is 1.60. The van der Waals surface area contributed by atoms with Crippen LogP contribution in [0.25, 0.3) is 0 Å². The zero-order valence-electron chi connectivity index (χ0n) is 11.2. The highest BCUT2D eigenvalue weighted by atomic mass is 32.2. The number of sulfonamides is 1. The van der Waals surface area contributed by atoms with Crippen LogP contribution >= 0.6 is 0 Å². The summed E-state index contributed by atoms with van der Waals surface area (Å²) in [7, 11) is -1.46. The molecular formula is C13H25NO3S. The van der Waals surface area contributed by atoms with Crippen molar-refractivity contribution in [3.05, 3.63) is 0 Å². The molecule has 18 heavy (non-hydrogen) atoms. The molecule has 2 aliphatic rings. The molecule has 0 aromatic rings. The maximum Gasteiger partial charge on any atom is 0.213 e. The summed E-state index contributed by atoms with van der Waals surface area (Å²) in [5.41, 5.74) is 0. The van der Waals surface area contributed by atoms with E-state index in [0.717, 1.165) is 32.1 Å². The molecule has 0 aromatic heterocycles. The van der Waals surface area contributed by atoms with Crippen LogP contribution in [0.1, 0.15) is 44.9 Å². The minimum absolute atomic E-state index is 0.124. The highest BCUT2D eigenvalue weighted by Crippen LogP contribution is 2.33. The lowest BCUT2D eigenvalue weighted by Gasteiger charge is -2.30. The van der Waals surface area contributed by atoms with Crippen LogP contribution in [0.5, 0.6) is 0 Å². The smallest absolute Gasteiger partial charge is 0.213 e. The number of rotatable bonds is 6. The molecule has 0 bridgehead atoms. The second kappa shape index (κ2) is 5.88. The van der Waals surface area contributed by atoms with Crippen molar-refractivity contribution in [3.8, 4) is 0 Å². The largest absolute Gasteiger partial charge is 0.393 e. The van der Waals surface area contributed by atoms with Crippen LogP contribution < -0.4 is 0 Å². The van der Waals surface area contributed by atoms with Crippen molar-refractivity contribution in [1.82, 2.24) is 4.31 Å². The molecule has 0 aromatic carbocycles. The van der Waals surface area contributed by atoms with E-state index in [1.54, 1.807) is 7.05 Å². The van der Waals surface area contributed by atoms with Crippen molar-refractivity contribution < 1.29 is 13.5 Å². The Hall–Kier alpha value is -0.130. The standard InChI is InChI=1S/C13H25NO3S/c1-14(10-12-4-2-3-5-13(12)15)18(16,17)9-8-11-6-7-11/h11-13,15H,2-10H2,1H3. The average Bonchev–Trinajstić information content (AvgIpc) is 3.13. The fourth-order valence-corrected chi connectivity index (χ4v) is 4.08. The molecule has 5 heteroatoms. The first-order chi connectivity index (χ1) is 8.49. The fourth-order valence-electron chi connectivity index (χ4n) is 2.72. The summed E-state index contributed by atoms with van der Waals surface area (Å²) in [4.78, 5) is 0. The maximum absolute atomic E-state index is 12.1. The Morgan fingerprint density at radius 2 is 1.83 bits per heavy atom. The molecule has 106 valence electrons. The highest BCUT2D eigenvalue weighted by Gasteiger charge is 2.30. The minimum atomic E-state index is -3.12. The molecule has 2 unspecified atom stereocenters. The van der Waals surface area contributed by atoms with E-state index in [1.807, 2.05) is 0 Å². The molecule has 0 saturated heterocycles. The molecule has 2 aliphatic carbocycles. The third-order valence-electron chi connectivity index (χ3n) is 4.32. The Balaban J connectivity index is 1.82. The first-order valence-electron chi connectivity index (χ1n) is 7.11. The zero-order chi connectivity index (χ0) is 13.2.